The molecule has 0 radical (unpaired) electrons. The molecule has 0 saturated heterocycles. The normalized spacial score (nSPS) is 11.0. The van der Waals surface area contributed by atoms with Crippen LogP contribution in [0.15, 0.2) is 21.4 Å². The largest absolute Gasteiger partial charge is 0.453 e. The van der Waals surface area contributed by atoms with E-state index in [1.165, 1.54) is 17.4 Å². The van der Waals surface area contributed by atoms with Crippen LogP contribution in [0.4, 0.5) is 0 Å². The van der Waals surface area contributed by atoms with Crippen LogP contribution < -0.4 is 0 Å². The van der Waals surface area contributed by atoms with E-state index in [9.17, 15) is 4.79 Å². The van der Waals surface area contributed by atoms with Gasteiger partial charge < -0.3 is 9.15 Å². The molecule has 2 aromatic heterocycles. The molecule has 18 heavy (non-hydrogen) atoms. The number of nitrogens with zero attached hydrogens (tertiary/aromatic N) is 2. The molecule has 0 saturated carbocycles. The highest BCUT2D eigenvalue weighted by Crippen LogP contribution is 2.09. The molecule has 0 atom stereocenters. The Morgan fingerprint density at radius 3 is 3.00 bits per heavy atom. The molecule has 2 aromatic rings. The van der Waals surface area contributed by atoms with E-state index in [-0.39, 0.29) is 6.61 Å². The maximum absolute atomic E-state index is 11.4. The maximum atomic E-state index is 11.4. The molecule has 5 nitrogen and oxygen atoms in total. The molecular weight excluding hydrogens is 252 g/mol. The zero-order chi connectivity index (χ0) is 13.0. The Bertz CT molecular complexity index is 538. The van der Waals surface area contributed by atoms with Gasteiger partial charge in [-0.2, -0.15) is 0 Å². The summed E-state index contributed by atoms with van der Waals surface area (Å²) in [6, 6.07) is 0. The summed E-state index contributed by atoms with van der Waals surface area (Å²) in [5, 5.41) is 1.84. The van der Waals surface area contributed by atoms with Crippen molar-refractivity contribution in [2.24, 2.45) is 0 Å². The summed E-state index contributed by atoms with van der Waals surface area (Å²) in [4.78, 5) is 19.5. The van der Waals surface area contributed by atoms with Crippen molar-refractivity contribution in [1.82, 2.24) is 9.97 Å². The monoisotopic (exact) mass is 264 g/mol. The lowest BCUT2D eigenvalue weighted by Crippen LogP contribution is -2.00. The summed E-state index contributed by atoms with van der Waals surface area (Å²) in [6.45, 7) is 3.69. The molecule has 0 fully saturated rings. The SMILES string of the molecule is Cc1nc(COC(=O)C=Cc2cscn2)oc1C. The molecule has 0 N–H and O–H groups in total. The third-order valence-electron chi connectivity index (χ3n) is 2.25. The van der Waals surface area contributed by atoms with Crippen LogP contribution >= 0.6 is 11.3 Å². The highest BCUT2D eigenvalue weighted by molar-refractivity contribution is 7.07. The van der Waals surface area contributed by atoms with Gasteiger partial charge in [0.05, 0.1) is 16.9 Å². The molecule has 2 rings (SSSR count). The summed E-state index contributed by atoms with van der Waals surface area (Å²) < 4.78 is 10.3. The van der Waals surface area contributed by atoms with Gasteiger partial charge in [0.25, 0.3) is 0 Å². The first-order valence-corrected chi connectivity index (χ1v) is 6.25. The number of oxazole rings is 1. The molecule has 2 heterocycles. The quantitative estimate of drug-likeness (QED) is 0.627. The molecule has 0 aliphatic heterocycles. The van der Waals surface area contributed by atoms with Crippen molar-refractivity contribution in [2.75, 3.05) is 0 Å². The van der Waals surface area contributed by atoms with Gasteiger partial charge in [0.1, 0.15) is 5.76 Å². The number of rotatable bonds is 4. The van der Waals surface area contributed by atoms with Crippen molar-refractivity contribution in [2.45, 2.75) is 20.5 Å². The fraction of sp³-hybridized carbons (Fsp3) is 0.250. The Morgan fingerprint density at radius 1 is 1.56 bits per heavy atom. The second-order valence-electron chi connectivity index (χ2n) is 3.60. The first-order valence-electron chi connectivity index (χ1n) is 5.31. The van der Waals surface area contributed by atoms with Crippen LogP contribution in [0.25, 0.3) is 6.08 Å². The van der Waals surface area contributed by atoms with E-state index in [4.69, 9.17) is 9.15 Å². The molecule has 0 amide bonds. The van der Waals surface area contributed by atoms with E-state index in [0.717, 1.165) is 17.1 Å². The van der Waals surface area contributed by atoms with Crippen LogP contribution in [0.3, 0.4) is 0 Å². The van der Waals surface area contributed by atoms with Crippen molar-refractivity contribution in [1.29, 1.82) is 0 Å². The van der Waals surface area contributed by atoms with Gasteiger partial charge in [-0.3, -0.25) is 0 Å². The predicted molar refractivity (Wildman–Crippen MR) is 66.9 cm³/mol. The number of thiazole rings is 1. The topological polar surface area (TPSA) is 65.2 Å². The molecule has 0 spiro atoms. The van der Waals surface area contributed by atoms with E-state index in [0.29, 0.717) is 5.89 Å². The number of carbonyl (C=O) groups excluding carboxylic acids is 1. The lowest BCUT2D eigenvalue weighted by Gasteiger charge is -1.96. The van der Waals surface area contributed by atoms with Crippen LogP contribution in [-0.2, 0) is 16.1 Å². The number of hydrogen-bond donors (Lipinski definition) is 0. The van der Waals surface area contributed by atoms with E-state index < -0.39 is 5.97 Å². The standard InChI is InChI=1S/C12H12N2O3S/c1-8-9(2)17-11(14-8)5-16-12(15)4-3-10-6-18-7-13-10/h3-4,6-7H,5H2,1-2H3. The van der Waals surface area contributed by atoms with Gasteiger partial charge in [0, 0.05) is 11.5 Å². The Hall–Kier alpha value is -1.95. The highest BCUT2D eigenvalue weighted by atomic mass is 32.1. The number of carbonyl (C=O) groups is 1. The zero-order valence-electron chi connectivity index (χ0n) is 10.0. The Balaban J connectivity index is 1.85. The summed E-state index contributed by atoms with van der Waals surface area (Å²) in [5.74, 6) is 0.691. The van der Waals surface area contributed by atoms with Gasteiger partial charge >= 0.3 is 5.97 Å². The van der Waals surface area contributed by atoms with Crippen LogP contribution in [0.5, 0.6) is 0 Å². The van der Waals surface area contributed by atoms with Crippen molar-refractivity contribution >= 4 is 23.4 Å². The fourth-order valence-corrected chi connectivity index (χ4v) is 1.76. The zero-order valence-corrected chi connectivity index (χ0v) is 10.9. The number of aromatic nitrogens is 2. The Labute approximate surface area is 108 Å². The fourth-order valence-electron chi connectivity index (χ4n) is 1.24. The van der Waals surface area contributed by atoms with E-state index in [1.54, 1.807) is 11.6 Å². The van der Waals surface area contributed by atoms with E-state index in [1.807, 2.05) is 19.2 Å². The molecule has 0 bridgehead atoms. The molecule has 0 aliphatic carbocycles. The Kier molecular flexibility index (Phi) is 3.88. The Morgan fingerprint density at radius 2 is 2.39 bits per heavy atom. The number of esters is 1. The molecule has 0 aromatic carbocycles. The average molecular weight is 264 g/mol. The molecule has 0 aliphatic rings. The average Bonchev–Trinajstić information content (AvgIpc) is 2.95. The van der Waals surface area contributed by atoms with Gasteiger partial charge in [0.2, 0.25) is 5.89 Å². The van der Waals surface area contributed by atoms with Gasteiger partial charge in [-0.05, 0) is 19.9 Å². The molecule has 6 heteroatoms. The molecule has 0 unspecified atom stereocenters. The smallest absolute Gasteiger partial charge is 0.331 e. The van der Waals surface area contributed by atoms with Gasteiger partial charge in [0.15, 0.2) is 6.61 Å². The van der Waals surface area contributed by atoms with Crippen molar-refractivity contribution in [3.63, 3.8) is 0 Å². The lowest BCUT2D eigenvalue weighted by atomic mass is 10.4. The number of ether oxygens (including phenoxy) is 1. The minimum Gasteiger partial charge on any atom is -0.453 e. The summed E-state index contributed by atoms with van der Waals surface area (Å²) >= 11 is 1.47. The summed E-state index contributed by atoms with van der Waals surface area (Å²) in [6.07, 6.45) is 2.93. The third kappa shape index (κ3) is 3.27. The second-order valence-corrected chi connectivity index (χ2v) is 4.32. The van der Waals surface area contributed by atoms with Crippen LogP contribution in [0.2, 0.25) is 0 Å². The van der Waals surface area contributed by atoms with Crippen molar-refractivity contribution in [3.05, 3.63) is 40.0 Å². The predicted octanol–water partition coefficient (Wildman–Crippen LogP) is 2.50. The number of aryl methyl sites for hydroxylation is 2. The van der Waals surface area contributed by atoms with Gasteiger partial charge in [-0.15, -0.1) is 11.3 Å². The molecule has 94 valence electrons. The van der Waals surface area contributed by atoms with Gasteiger partial charge in [-0.1, -0.05) is 0 Å². The van der Waals surface area contributed by atoms with Gasteiger partial charge in [-0.25, -0.2) is 14.8 Å². The highest BCUT2D eigenvalue weighted by Gasteiger charge is 2.07. The van der Waals surface area contributed by atoms with E-state index in [2.05, 4.69) is 9.97 Å². The number of hydrogen-bond acceptors (Lipinski definition) is 6. The van der Waals surface area contributed by atoms with Crippen molar-refractivity contribution in [3.8, 4) is 0 Å². The summed E-state index contributed by atoms with van der Waals surface area (Å²) in [7, 11) is 0. The lowest BCUT2D eigenvalue weighted by molar-refractivity contribution is -0.139. The first kappa shape index (κ1) is 12.5. The second kappa shape index (κ2) is 5.59. The maximum Gasteiger partial charge on any atom is 0.331 e. The van der Waals surface area contributed by atoms with E-state index >= 15 is 0 Å². The van der Waals surface area contributed by atoms with Crippen LogP contribution in [0.1, 0.15) is 23.0 Å². The first-order chi connectivity index (χ1) is 8.65. The third-order valence-corrected chi connectivity index (χ3v) is 2.86. The minimum atomic E-state index is -0.448. The van der Waals surface area contributed by atoms with Crippen LogP contribution in [0, 0.1) is 13.8 Å². The minimum absolute atomic E-state index is 0.0366. The molecular formula is C12H12N2O3S. The van der Waals surface area contributed by atoms with Crippen molar-refractivity contribution < 1.29 is 13.9 Å². The summed E-state index contributed by atoms with van der Waals surface area (Å²) in [5.41, 5.74) is 3.24. The van der Waals surface area contributed by atoms with Crippen LogP contribution in [-0.4, -0.2) is 15.9 Å².